The molecule has 1 fully saturated rings. The van der Waals surface area contributed by atoms with Gasteiger partial charge in [-0.1, -0.05) is 11.6 Å². The minimum atomic E-state index is -0.826. The fourth-order valence-corrected chi connectivity index (χ4v) is 3.92. The maximum absolute atomic E-state index is 13.1. The van der Waals surface area contributed by atoms with Crippen molar-refractivity contribution in [3.8, 4) is 11.4 Å². The average Bonchev–Trinajstić information content (AvgIpc) is 3.05. The van der Waals surface area contributed by atoms with Crippen molar-refractivity contribution in [2.45, 2.75) is 20.8 Å². The molecular weight excluding hydrogens is 458 g/mol. The molecule has 0 bridgehead atoms. The Morgan fingerprint density at radius 3 is 2.21 bits per heavy atom. The number of barbiturate groups is 1. The Labute approximate surface area is 200 Å². The lowest BCUT2D eigenvalue weighted by Gasteiger charge is -2.26. The summed E-state index contributed by atoms with van der Waals surface area (Å²) in [6.07, 6.45) is 1.47. The number of imide groups is 2. The van der Waals surface area contributed by atoms with Crippen molar-refractivity contribution in [1.29, 1.82) is 0 Å². The number of carbonyl (C=O) groups excluding carboxylic acids is 4. The van der Waals surface area contributed by atoms with Gasteiger partial charge in [0.25, 0.3) is 11.8 Å². The van der Waals surface area contributed by atoms with Crippen LogP contribution in [0, 0.1) is 13.8 Å². The number of ether oxygens (including phenoxy) is 1. The molecular formula is C25H20ClN3O5. The molecule has 0 unspecified atom stereocenters. The Balaban J connectivity index is 1.70. The van der Waals surface area contributed by atoms with Gasteiger partial charge in [-0.25, -0.2) is 9.69 Å². The molecule has 172 valence electrons. The zero-order valence-corrected chi connectivity index (χ0v) is 19.3. The fourth-order valence-electron chi connectivity index (χ4n) is 3.80. The molecule has 9 heteroatoms. The third-order valence-electron chi connectivity index (χ3n) is 5.31. The van der Waals surface area contributed by atoms with Gasteiger partial charge in [0, 0.05) is 29.0 Å². The molecule has 1 aliphatic rings. The first-order valence-electron chi connectivity index (χ1n) is 10.3. The lowest BCUT2D eigenvalue weighted by molar-refractivity contribution is -0.132. The van der Waals surface area contributed by atoms with Gasteiger partial charge in [-0.3, -0.25) is 19.7 Å². The first-order valence-corrected chi connectivity index (χ1v) is 10.7. The molecule has 1 aromatic heterocycles. The van der Waals surface area contributed by atoms with Crippen molar-refractivity contribution in [2.24, 2.45) is 0 Å². The number of hydrogen-bond acceptors (Lipinski definition) is 5. The zero-order chi connectivity index (χ0) is 24.6. The summed E-state index contributed by atoms with van der Waals surface area (Å²) in [5.74, 6) is -1.48. The summed E-state index contributed by atoms with van der Waals surface area (Å²) in [6, 6.07) is 14.1. The highest BCUT2D eigenvalue weighted by molar-refractivity contribution is 6.39. The third-order valence-corrected chi connectivity index (χ3v) is 5.57. The second-order valence-electron chi connectivity index (χ2n) is 7.68. The molecule has 0 atom stereocenters. The molecule has 0 radical (unpaired) electrons. The van der Waals surface area contributed by atoms with Gasteiger partial charge in [-0.15, -0.1) is 0 Å². The lowest BCUT2D eigenvalue weighted by Crippen LogP contribution is -2.54. The van der Waals surface area contributed by atoms with Gasteiger partial charge >= 0.3 is 12.0 Å². The Morgan fingerprint density at radius 1 is 0.971 bits per heavy atom. The quantitative estimate of drug-likeness (QED) is 0.261. The van der Waals surface area contributed by atoms with Crippen LogP contribution in [0.15, 0.2) is 60.2 Å². The number of aromatic nitrogens is 1. The van der Waals surface area contributed by atoms with Crippen LogP contribution < -0.4 is 15.0 Å². The van der Waals surface area contributed by atoms with Crippen LogP contribution in [0.3, 0.4) is 0 Å². The molecule has 0 saturated carbocycles. The molecule has 0 spiro atoms. The van der Waals surface area contributed by atoms with E-state index in [9.17, 15) is 19.2 Å². The second-order valence-corrected chi connectivity index (χ2v) is 8.12. The highest BCUT2D eigenvalue weighted by Crippen LogP contribution is 2.27. The van der Waals surface area contributed by atoms with E-state index in [4.69, 9.17) is 16.3 Å². The summed E-state index contributed by atoms with van der Waals surface area (Å²) >= 11 is 5.90. The Morgan fingerprint density at radius 2 is 1.59 bits per heavy atom. The number of halogens is 1. The van der Waals surface area contributed by atoms with Gasteiger partial charge in [-0.05, 0) is 80.1 Å². The second kappa shape index (κ2) is 8.99. The number of nitrogens with zero attached hydrogens (tertiary/aromatic N) is 2. The highest BCUT2D eigenvalue weighted by atomic mass is 35.5. The summed E-state index contributed by atoms with van der Waals surface area (Å²) in [4.78, 5) is 50.1. The Kier molecular flexibility index (Phi) is 6.08. The Bertz CT molecular complexity index is 1350. The van der Waals surface area contributed by atoms with Crippen LogP contribution in [-0.2, 0) is 14.4 Å². The number of rotatable bonds is 4. The van der Waals surface area contributed by atoms with Crippen molar-refractivity contribution in [3.63, 3.8) is 0 Å². The van der Waals surface area contributed by atoms with E-state index in [2.05, 4.69) is 5.32 Å². The van der Waals surface area contributed by atoms with Crippen LogP contribution in [0.1, 0.15) is 23.9 Å². The molecule has 2 heterocycles. The van der Waals surface area contributed by atoms with Gasteiger partial charge in [0.15, 0.2) is 0 Å². The first-order chi connectivity index (χ1) is 16.2. The number of amides is 4. The molecule has 1 aliphatic heterocycles. The van der Waals surface area contributed by atoms with Crippen molar-refractivity contribution >= 4 is 47.2 Å². The van der Waals surface area contributed by atoms with E-state index >= 15 is 0 Å². The van der Waals surface area contributed by atoms with E-state index in [0.29, 0.717) is 22.0 Å². The number of hydrogen-bond donors (Lipinski definition) is 1. The molecule has 3 aromatic rings. The molecule has 8 nitrogen and oxygen atoms in total. The molecule has 4 rings (SSSR count). The van der Waals surface area contributed by atoms with Crippen molar-refractivity contribution in [3.05, 3.63) is 82.1 Å². The van der Waals surface area contributed by atoms with Crippen LogP contribution in [-0.4, -0.2) is 28.4 Å². The largest absolute Gasteiger partial charge is 0.427 e. The predicted octanol–water partition coefficient (Wildman–Crippen LogP) is 4.34. The smallest absolute Gasteiger partial charge is 0.335 e. The predicted molar refractivity (Wildman–Crippen MR) is 127 cm³/mol. The zero-order valence-electron chi connectivity index (χ0n) is 18.6. The van der Waals surface area contributed by atoms with E-state index in [1.54, 1.807) is 36.4 Å². The summed E-state index contributed by atoms with van der Waals surface area (Å²) in [6.45, 7) is 5.08. The number of carbonyl (C=O) groups is 4. The number of esters is 1. The van der Waals surface area contributed by atoms with Crippen LogP contribution in [0.4, 0.5) is 10.5 Å². The van der Waals surface area contributed by atoms with Gasteiger partial charge < -0.3 is 9.30 Å². The molecule has 1 saturated heterocycles. The number of aryl methyl sites for hydroxylation is 1. The monoisotopic (exact) mass is 477 g/mol. The molecule has 2 aromatic carbocycles. The fraction of sp³-hybridized carbons (Fsp3) is 0.120. The lowest BCUT2D eigenvalue weighted by atomic mass is 10.1. The topological polar surface area (TPSA) is 97.7 Å². The summed E-state index contributed by atoms with van der Waals surface area (Å²) in [5, 5.41) is 2.67. The van der Waals surface area contributed by atoms with Crippen molar-refractivity contribution in [2.75, 3.05) is 4.90 Å². The first kappa shape index (κ1) is 23.0. The van der Waals surface area contributed by atoms with Gasteiger partial charge in [0.2, 0.25) is 0 Å². The van der Waals surface area contributed by atoms with Gasteiger partial charge in [0.1, 0.15) is 11.3 Å². The van der Waals surface area contributed by atoms with E-state index in [0.717, 1.165) is 22.0 Å². The minimum Gasteiger partial charge on any atom is -0.427 e. The summed E-state index contributed by atoms with van der Waals surface area (Å²) < 4.78 is 7.02. The van der Waals surface area contributed by atoms with E-state index in [-0.39, 0.29) is 5.57 Å². The van der Waals surface area contributed by atoms with E-state index in [1.165, 1.54) is 25.1 Å². The third kappa shape index (κ3) is 4.35. The molecule has 0 aliphatic carbocycles. The summed E-state index contributed by atoms with van der Waals surface area (Å²) in [7, 11) is 0. The van der Waals surface area contributed by atoms with E-state index in [1.807, 2.05) is 24.5 Å². The van der Waals surface area contributed by atoms with Crippen LogP contribution in [0.25, 0.3) is 11.8 Å². The number of benzene rings is 2. The van der Waals surface area contributed by atoms with Crippen LogP contribution >= 0.6 is 11.6 Å². The molecule has 34 heavy (non-hydrogen) atoms. The normalized spacial score (nSPS) is 15.0. The SMILES string of the molecule is CC(=O)Oc1ccc(-n2c(C)cc(/C=C3/C(=O)NC(=O)N(c4ccc(Cl)cc4)C3=O)c2C)cc1. The van der Waals surface area contributed by atoms with Gasteiger partial charge in [0.05, 0.1) is 5.69 Å². The highest BCUT2D eigenvalue weighted by Gasteiger charge is 2.37. The van der Waals surface area contributed by atoms with Crippen LogP contribution in [0.5, 0.6) is 5.75 Å². The van der Waals surface area contributed by atoms with Crippen LogP contribution in [0.2, 0.25) is 5.02 Å². The average molecular weight is 478 g/mol. The van der Waals surface area contributed by atoms with Crippen molar-refractivity contribution < 1.29 is 23.9 Å². The maximum Gasteiger partial charge on any atom is 0.335 e. The molecule has 1 N–H and O–H groups in total. The number of nitrogens with one attached hydrogen (secondary N) is 1. The molecule has 4 amide bonds. The van der Waals surface area contributed by atoms with E-state index < -0.39 is 23.8 Å². The van der Waals surface area contributed by atoms with Crippen molar-refractivity contribution in [1.82, 2.24) is 9.88 Å². The minimum absolute atomic E-state index is 0.167. The maximum atomic E-state index is 13.1. The standard InChI is InChI=1S/C25H20ClN3O5/c1-14-12-17(15(2)28(14)19-8-10-21(11-9-19)34-16(3)30)13-22-23(31)27-25(33)29(24(22)32)20-6-4-18(26)5-7-20/h4-13H,1-3H3,(H,27,31,33)/b22-13-. The summed E-state index contributed by atoms with van der Waals surface area (Å²) in [5.41, 5.74) is 3.22. The number of urea groups is 1. The van der Waals surface area contributed by atoms with Gasteiger partial charge in [-0.2, -0.15) is 0 Å². The number of anilines is 1. The Hall–Kier alpha value is -4.17.